The predicted molar refractivity (Wildman–Crippen MR) is 112 cm³/mol. The van der Waals surface area contributed by atoms with Gasteiger partial charge >= 0.3 is 0 Å². The summed E-state index contributed by atoms with van der Waals surface area (Å²) in [5, 5.41) is 7.57. The van der Waals surface area contributed by atoms with Crippen molar-refractivity contribution < 1.29 is 18.7 Å². The normalized spacial score (nSPS) is 20.0. The molecule has 0 saturated heterocycles. The first-order valence-corrected chi connectivity index (χ1v) is 9.99. The SMILES string of the molecule is COc1ccc([C@H]2CC(=O)C3=C(C2)Nc2ncnn2[C@@H]3c2cccc(F)c2)cc1OC. The van der Waals surface area contributed by atoms with E-state index in [0.717, 1.165) is 11.3 Å². The van der Waals surface area contributed by atoms with Gasteiger partial charge in [-0.2, -0.15) is 10.1 Å². The summed E-state index contributed by atoms with van der Waals surface area (Å²) in [7, 11) is 3.18. The largest absolute Gasteiger partial charge is 0.493 e. The van der Waals surface area contributed by atoms with Crippen LogP contribution < -0.4 is 14.8 Å². The second kappa shape index (κ2) is 7.54. The first-order chi connectivity index (χ1) is 15.1. The highest BCUT2D eigenvalue weighted by Crippen LogP contribution is 2.44. The summed E-state index contributed by atoms with van der Waals surface area (Å²) in [6.45, 7) is 0. The molecule has 0 bridgehead atoms. The van der Waals surface area contributed by atoms with E-state index in [2.05, 4.69) is 15.4 Å². The van der Waals surface area contributed by atoms with Crippen molar-refractivity contribution in [3.63, 3.8) is 0 Å². The summed E-state index contributed by atoms with van der Waals surface area (Å²) in [6.07, 6.45) is 2.39. The van der Waals surface area contributed by atoms with Gasteiger partial charge in [0.25, 0.3) is 0 Å². The van der Waals surface area contributed by atoms with Gasteiger partial charge in [0.2, 0.25) is 5.95 Å². The number of rotatable bonds is 4. The number of carbonyl (C=O) groups is 1. The Labute approximate surface area is 178 Å². The number of aromatic nitrogens is 3. The fraction of sp³-hybridized carbons (Fsp3) is 0.261. The second-order valence-corrected chi connectivity index (χ2v) is 7.65. The fourth-order valence-corrected chi connectivity index (χ4v) is 4.48. The van der Waals surface area contributed by atoms with Crippen LogP contribution in [-0.2, 0) is 4.79 Å². The summed E-state index contributed by atoms with van der Waals surface area (Å²) in [5.41, 5.74) is 3.07. The number of hydrogen-bond acceptors (Lipinski definition) is 6. The van der Waals surface area contributed by atoms with Crippen molar-refractivity contribution in [3.8, 4) is 11.5 Å². The fourth-order valence-electron chi connectivity index (χ4n) is 4.48. The smallest absolute Gasteiger partial charge is 0.226 e. The maximum Gasteiger partial charge on any atom is 0.226 e. The molecule has 2 aromatic carbocycles. The lowest BCUT2D eigenvalue weighted by Crippen LogP contribution is -2.33. The number of benzene rings is 2. The number of fused-ring (bicyclic) bond motifs is 1. The average Bonchev–Trinajstić information content (AvgIpc) is 3.25. The molecular weight excluding hydrogens is 399 g/mol. The highest BCUT2D eigenvalue weighted by molar-refractivity contribution is 6.00. The third-order valence-electron chi connectivity index (χ3n) is 5.91. The highest BCUT2D eigenvalue weighted by Gasteiger charge is 2.39. The van der Waals surface area contributed by atoms with E-state index >= 15 is 0 Å². The van der Waals surface area contributed by atoms with Gasteiger partial charge in [0.15, 0.2) is 17.3 Å². The lowest BCUT2D eigenvalue weighted by molar-refractivity contribution is -0.116. The molecular formula is C23H21FN4O3. The van der Waals surface area contributed by atoms with E-state index in [1.165, 1.54) is 18.5 Å². The van der Waals surface area contributed by atoms with Crippen molar-refractivity contribution in [2.75, 3.05) is 19.5 Å². The van der Waals surface area contributed by atoms with Gasteiger partial charge in [0.1, 0.15) is 18.2 Å². The average molecular weight is 420 g/mol. The van der Waals surface area contributed by atoms with E-state index in [4.69, 9.17) is 9.47 Å². The monoisotopic (exact) mass is 420 g/mol. The van der Waals surface area contributed by atoms with Crippen LogP contribution in [0.3, 0.4) is 0 Å². The van der Waals surface area contributed by atoms with Crippen molar-refractivity contribution in [2.24, 2.45) is 0 Å². The van der Waals surface area contributed by atoms with Crippen molar-refractivity contribution in [3.05, 3.63) is 77.0 Å². The van der Waals surface area contributed by atoms with Crippen LogP contribution in [0.4, 0.5) is 10.3 Å². The number of ketones is 1. The third kappa shape index (κ3) is 3.24. The number of methoxy groups -OCH3 is 2. The molecule has 2 aliphatic rings. The topological polar surface area (TPSA) is 78.3 Å². The summed E-state index contributed by atoms with van der Waals surface area (Å²) in [4.78, 5) is 17.7. The number of allylic oxidation sites excluding steroid dienone is 2. The minimum atomic E-state index is -0.511. The molecule has 2 heterocycles. The van der Waals surface area contributed by atoms with Gasteiger partial charge in [-0.25, -0.2) is 9.07 Å². The number of halogens is 1. The van der Waals surface area contributed by atoms with Crippen LogP contribution in [0.25, 0.3) is 0 Å². The predicted octanol–water partition coefficient (Wildman–Crippen LogP) is 3.85. The van der Waals surface area contributed by atoms with Crippen molar-refractivity contribution in [1.82, 2.24) is 14.8 Å². The number of ether oxygens (including phenoxy) is 2. The highest BCUT2D eigenvalue weighted by atomic mass is 19.1. The van der Waals surface area contributed by atoms with Gasteiger partial charge < -0.3 is 14.8 Å². The molecule has 3 aromatic rings. The molecule has 1 aliphatic heterocycles. The van der Waals surface area contributed by atoms with Gasteiger partial charge in [-0.15, -0.1) is 0 Å². The molecule has 2 atom stereocenters. The molecule has 5 rings (SSSR count). The molecule has 0 fully saturated rings. The van der Waals surface area contributed by atoms with Gasteiger partial charge in [-0.3, -0.25) is 4.79 Å². The lowest BCUT2D eigenvalue weighted by atomic mass is 9.78. The molecule has 1 aromatic heterocycles. The summed E-state index contributed by atoms with van der Waals surface area (Å²) >= 11 is 0. The molecule has 7 nitrogen and oxygen atoms in total. The zero-order chi connectivity index (χ0) is 21.5. The molecule has 0 radical (unpaired) electrons. The number of hydrogen-bond donors (Lipinski definition) is 1. The van der Waals surface area contributed by atoms with Crippen LogP contribution in [-0.4, -0.2) is 34.8 Å². The van der Waals surface area contributed by atoms with Crippen LogP contribution in [0, 0.1) is 5.82 Å². The molecule has 0 spiro atoms. The molecule has 0 amide bonds. The van der Waals surface area contributed by atoms with E-state index in [9.17, 15) is 9.18 Å². The van der Waals surface area contributed by atoms with Gasteiger partial charge in [0, 0.05) is 17.7 Å². The van der Waals surface area contributed by atoms with Crippen molar-refractivity contribution >= 4 is 11.7 Å². The maximum atomic E-state index is 14.0. The minimum absolute atomic E-state index is 0.00365. The zero-order valence-electron chi connectivity index (χ0n) is 17.1. The molecule has 0 saturated carbocycles. The first kappa shape index (κ1) is 19.3. The quantitative estimate of drug-likeness (QED) is 0.691. The van der Waals surface area contributed by atoms with Gasteiger partial charge in [-0.05, 0) is 47.7 Å². The van der Waals surface area contributed by atoms with E-state index in [-0.39, 0.29) is 17.5 Å². The summed E-state index contributed by atoms with van der Waals surface area (Å²) in [5.74, 6) is 1.43. The van der Waals surface area contributed by atoms with Crippen LogP contribution in [0.1, 0.15) is 35.9 Å². The third-order valence-corrected chi connectivity index (χ3v) is 5.91. The van der Waals surface area contributed by atoms with Crippen molar-refractivity contribution in [2.45, 2.75) is 24.8 Å². The Hall–Kier alpha value is -3.68. The van der Waals surface area contributed by atoms with Crippen LogP contribution >= 0.6 is 0 Å². The van der Waals surface area contributed by atoms with E-state index < -0.39 is 6.04 Å². The Morgan fingerprint density at radius 3 is 2.68 bits per heavy atom. The standard InChI is InChI=1S/C23H21FN4O3/c1-30-19-7-6-13(11-20(19)31-2)15-9-17-21(18(29)10-15)22(14-4-3-5-16(24)8-14)28-23(27-17)25-12-26-28/h3-8,11-12,15,22H,9-10H2,1-2H3,(H,25,26,27)/t15-,22-/m1/s1. The van der Waals surface area contributed by atoms with Crippen LogP contribution in [0.15, 0.2) is 60.1 Å². The lowest BCUT2D eigenvalue weighted by Gasteiger charge is -2.35. The molecule has 31 heavy (non-hydrogen) atoms. The van der Waals surface area contributed by atoms with E-state index in [0.29, 0.717) is 41.4 Å². The molecule has 8 heteroatoms. The Morgan fingerprint density at radius 1 is 1.06 bits per heavy atom. The first-order valence-electron chi connectivity index (χ1n) is 9.99. The van der Waals surface area contributed by atoms with Crippen LogP contribution in [0.5, 0.6) is 11.5 Å². The van der Waals surface area contributed by atoms with Crippen molar-refractivity contribution in [1.29, 1.82) is 0 Å². The Bertz CT molecular complexity index is 1200. The molecule has 0 unspecified atom stereocenters. The maximum absolute atomic E-state index is 14.0. The molecule has 1 N–H and O–H groups in total. The summed E-state index contributed by atoms with van der Waals surface area (Å²) < 4.78 is 26.4. The van der Waals surface area contributed by atoms with Crippen LogP contribution in [0.2, 0.25) is 0 Å². The summed E-state index contributed by atoms with van der Waals surface area (Å²) in [6, 6.07) is 11.5. The molecule has 158 valence electrons. The number of carbonyl (C=O) groups excluding carboxylic acids is 1. The Balaban J connectivity index is 1.56. The minimum Gasteiger partial charge on any atom is -0.493 e. The number of anilines is 1. The zero-order valence-corrected chi connectivity index (χ0v) is 17.1. The number of nitrogens with zero attached hydrogens (tertiary/aromatic N) is 3. The van der Waals surface area contributed by atoms with Gasteiger partial charge in [0.05, 0.1) is 14.2 Å². The molecule has 1 aliphatic carbocycles. The number of nitrogens with one attached hydrogen (secondary N) is 1. The Morgan fingerprint density at radius 2 is 1.90 bits per heavy atom. The number of Topliss-reactive ketones (excluding diaryl/α,β-unsaturated/α-hetero) is 1. The van der Waals surface area contributed by atoms with E-state index in [1.807, 2.05) is 24.3 Å². The Kier molecular flexibility index (Phi) is 4.69. The van der Waals surface area contributed by atoms with E-state index in [1.54, 1.807) is 25.0 Å². The van der Waals surface area contributed by atoms with Gasteiger partial charge in [-0.1, -0.05) is 18.2 Å². The second-order valence-electron chi connectivity index (χ2n) is 7.65.